The Bertz CT molecular complexity index is 839. The third kappa shape index (κ3) is 5.08. The van der Waals surface area contributed by atoms with Crippen LogP contribution in [0.4, 0.5) is 0 Å². The summed E-state index contributed by atoms with van der Waals surface area (Å²) in [5, 5.41) is 8.33. The molecule has 0 fully saturated rings. The molecular formula is C18H15ClN2O3S. The standard InChI is InChI=1S/C18H15ClN2O3S/c19-15-9-5-4-8-14(15)18-21-20-16(24-18)12-23-17(22)10-11-25-13-6-2-1-3-7-13/h1-9H,10-12H2. The van der Waals surface area contributed by atoms with Crippen molar-refractivity contribution in [3.63, 3.8) is 0 Å². The molecule has 0 spiro atoms. The average molecular weight is 375 g/mol. The molecule has 0 aliphatic heterocycles. The van der Waals surface area contributed by atoms with E-state index in [4.69, 9.17) is 20.8 Å². The minimum Gasteiger partial charge on any atom is -0.456 e. The minimum absolute atomic E-state index is 0.0493. The second-order valence-electron chi connectivity index (χ2n) is 5.05. The van der Waals surface area contributed by atoms with Gasteiger partial charge < -0.3 is 9.15 Å². The predicted octanol–water partition coefficient (Wildman–Crippen LogP) is 4.62. The lowest BCUT2D eigenvalue weighted by molar-refractivity contribution is -0.145. The second kappa shape index (κ2) is 8.69. The number of hydrogen-bond acceptors (Lipinski definition) is 6. The van der Waals surface area contributed by atoms with Crippen LogP contribution in [0.25, 0.3) is 11.5 Å². The number of benzene rings is 2. The summed E-state index contributed by atoms with van der Waals surface area (Å²) in [5.74, 6) is 0.883. The molecule has 0 bridgehead atoms. The van der Waals surface area contributed by atoms with Gasteiger partial charge in [-0.3, -0.25) is 4.79 Å². The van der Waals surface area contributed by atoms with E-state index in [1.807, 2.05) is 42.5 Å². The van der Waals surface area contributed by atoms with Crippen LogP contribution < -0.4 is 0 Å². The fourth-order valence-corrected chi connectivity index (χ4v) is 3.11. The highest BCUT2D eigenvalue weighted by Crippen LogP contribution is 2.26. The summed E-state index contributed by atoms with van der Waals surface area (Å²) < 4.78 is 10.6. The Morgan fingerprint density at radius 2 is 1.84 bits per heavy atom. The monoisotopic (exact) mass is 374 g/mol. The first kappa shape index (κ1) is 17.5. The van der Waals surface area contributed by atoms with E-state index < -0.39 is 0 Å². The fourth-order valence-electron chi connectivity index (χ4n) is 2.04. The van der Waals surface area contributed by atoms with Crippen LogP contribution >= 0.6 is 23.4 Å². The van der Waals surface area contributed by atoms with Gasteiger partial charge in [0.25, 0.3) is 5.89 Å². The van der Waals surface area contributed by atoms with E-state index in [0.717, 1.165) is 4.90 Å². The number of thioether (sulfide) groups is 1. The zero-order valence-corrected chi connectivity index (χ0v) is 14.8. The lowest BCUT2D eigenvalue weighted by atomic mass is 10.2. The number of halogens is 1. The van der Waals surface area contributed by atoms with Crippen LogP contribution in [0.2, 0.25) is 5.02 Å². The van der Waals surface area contributed by atoms with Gasteiger partial charge in [0.15, 0.2) is 6.61 Å². The molecule has 3 rings (SSSR count). The van der Waals surface area contributed by atoms with Gasteiger partial charge in [0.05, 0.1) is 17.0 Å². The van der Waals surface area contributed by atoms with Crippen LogP contribution in [0.1, 0.15) is 12.3 Å². The van der Waals surface area contributed by atoms with Crippen LogP contribution in [0.5, 0.6) is 0 Å². The Labute approximate surface area is 154 Å². The summed E-state index contributed by atoms with van der Waals surface area (Å²) in [6.07, 6.45) is 0.311. The summed E-state index contributed by atoms with van der Waals surface area (Å²) in [4.78, 5) is 12.9. The molecule has 0 saturated heterocycles. The van der Waals surface area contributed by atoms with Gasteiger partial charge in [0.1, 0.15) is 0 Å². The summed E-state index contributed by atoms with van der Waals surface area (Å²) >= 11 is 7.69. The Hall–Kier alpha value is -2.31. The molecule has 0 N–H and O–H groups in total. The molecule has 1 aromatic heterocycles. The van der Waals surface area contributed by atoms with Crippen molar-refractivity contribution in [1.29, 1.82) is 0 Å². The molecule has 0 atom stereocenters. The van der Waals surface area contributed by atoms with Gasteiger partial charge in [-0.2, -0.15) is 0 Å². The van der Waals surface area contributed by atoms with Crippen LogP contribution in [-0.2, 0) is 16.1 Å². The number of aromatic nitrogens is 2. The van der Waals surface area contributed by atoms with Crippen LogP contribution in [0, 0.1) is 0 Å². The van der Waals surface area contributed by atoms with Crippen LogP contribution in [0.15, 0.2) is 63.9 Å². The molecule has 0 aliphatic carbocycles. The lowest BCUT2D eigenvalue weighted by Crippen LogP contribution is -2.05. The highest BCUT2D eigenvalue weighted by atomic mass is 35.5. The van der Waals surface area contributed by atoms with Crippen molar-refractivity contribution in [3.8, 4) is 11.5 Å². The Balaban J connectivity index is 1.46. The smallest absolute Gasteiger partial charge is 0.307 e. The van der Waals surface area contributed by atoms with E-state index >= 15 is 0 Å². The van der Waals surface area contributed by atoms with Crippen molar-refractivity contribution < 1.29 is 13.9 Å². The molecule has 25 heavy (non-hydrogen) atoms. The average Bonchev–Trinajstić information content (AvgIpc) is 3.10. The number of rotatable bonds is 7. The van der Waals surface area contributed by atoms with E-state index in [0.29, 0.717) is 28.7 Å². The number of ether oxygens (including phenoxy) is 1. The first-order valence-corrected chi connectivity index (χ1v) is 8.99. The van der Waals surface area contributed by atoms with E-state index in [1.54, 1.807) is 23.9 Å². The molecule has 0 amide bonds. The van der Waals surface area contributed by atoms with Crippen molar-refractivity contribution in [2.75, 3.05) is 5.75 Å². The zero-order valence-electron chi connectivity index (χ0n) is 13.2. The maximum absolute atomic E-state index is 11.8. The zero-order chi connectivity index (χ0) is 17.5. The molecule has 5 nitrogen and oxygen atoms in total. The summed E-state index contributed by atoms with van der Waals surface area (Å²) in [6, 6.07) is 17.1. The number of hydrogen-bond donors (Lipinski definition) is 0. The third-order valence-electron chi connectivity index (χ3n) is 3.25. The maximum Gasteiger partial charge on any atom is 0.307 e. The Morgan fingerprint density at radius 1 is 1.08 bits per heavy atom. The fraction of sp³-hybridized carbons (Fsp3) is 0.167. The molecular weight excluding hydrogens is 360 g/mol. The van der Waals surface area contributed by atoms with Crippen molar-refractivity contribution in [2.24, 2.45) is 0 Å². The molecule has 7 heteroatoms. The van der Waals surface area contributed by atoms with Gasteiger partial charge in [0.2, 0.25) is 5.89 Å². The molecule has 0 unspecified atom stereocenters. The molecule has 3 aromatic rings. The summed E-state index contributed by atoms with van der Waals surface area (Å²) in [6.45, 7) is -0.0493. The van der Waals surface area contributed by atoms with Crippen LogP contribution in [0.3, 0.4) is 0 Å². The topological polar surface area (TPSA) is 65.2 Å². The highest BCUT2D eigenvalue weighted by Gasteiger charge is 2.13. The van der Waals surface area contributed by atoms with E-state index in [2.05, 4.69) is 10.2 Å². The van der Waals surface area contributed by atoms with Crippen molar-refractivity contribution in [3.05, 3.63) is 65.5 Å². The maximum atomic E-state index is 11.8. The first-order chi connectivity index (χ1) is 12.2. The van der Waals surface area contributed by atoms with Crippen LogP contribution in [-0.4, -0.2) is 21.9 Å². The van der Waals surface area contributed by atoms with Gasteiger partial charge in [-0.25, -0.2) is 0 Å². The van der Waals surface area contributed by atoms with E-state index in [1.165, 1.54) is 0 Å². The Morgan fingerprint density at radius 3 is 2.64 bits per heavy atom. The largest absolute Gasteiger partial charge is 0.456 e. The third-order valence-corrected chi connectivity index (χ3v) is 4.59. The van der Waals surface area contributed by atoms with Gasteiger partial charge in [-0.1, -0.05) is 41.9 Å². The number of carbonyl (C=O) groups is 1. The highest BCUT2D eigenvalue weighted by molar-refractivity contribution is 7.99. The van der Waals surface area contributed by atoms with Crippen molar-refractivity contribution in [1.82, 2.24) is 10.2 Å². The van der Waals surface area contributed by atoms with Gasteiger partial charge >= 0.3 is 5.97 Å². The normalized spacial score (nSPS) is 10.6. The summed E-state index contributed by atoms with van der Waals surface area (Å²) in [7, 11) is 0. The van der Waals surface area contributed by atoms with Gasteiger partial charge in [0, 0.05) is 10.6 Å². The summed E-state index contributed by atoms with van der Waals surface area (Å²) in [5.41, 5.74) is 0.647. The number of esters is 1. The van der Waals surface area contributed by atoms with Crippen molar-refractivity contribution in [2.45, 2.75) is 17.9 Å². The number of carbonyl (C=O) groups excluding carboxylic acids is 1. The van der Waals surface area contributed by atoms with E-state index in [9.17, 15) is 4.79 Å². The second-order valence-corrected chi connectivity index (χ2v) is 6.63. The minimum atomic E-state index is -0.305. The molecule has 0 saturated carbocycles. The van der Waals surface area contributed by atoms with Gasteiger partial charge in [-0.05, 0) is 24.3 Å². The molecule has 128 valence electrons. The number of nitrogens with zero attached hydrogens (tertiary/aromatic N) is 2. The molecule has 2 aromatic carbocycles. The quantitative estimate of drug-likeness (QED) is 0.444. The lowest BCUT2D eigenvalue weighted by Gasteiger charge is -2.02. The first-order valence-electron chi connectivity index (χ1n) is 7.63. The van der Waals surface area contributed by atoms with E-state index in [-0.39, 0.29) is 18.5 Å². The molecule has 1 heterocycles. The van der Waals surface area contributed by atoms with Crippen molar-refractivity contribution >= 4 is 29.3 Å². The SMILES string of the molecule is O=C(CCSc1ccccc1)OCc1nnc(-c2ccccc2Cl)o1. The molecule has 0 aliphatic rings. The Kier molecular flexibility index (Phi) is 6.09. The van der Waals surface area contributed by atoms with Gasteiger partial charge in [-0.15, -0.1) is 22.0 Å². The molecule has 0 radical (unpaired) electrons. The predicted molar refractivity (Wildman–Crippen MR) is 96.3 cm³/mol.